The van der Waals surface area contributed by atoms with E-state index in [0.29, 0.717) is 0 Å². The molecule has 1 saturated carbocycles. The molecule has 78 valence electrons. The molecule has 1 aliphatic rings. The minimum Gasteiger partial charge on any atom is -0.335 e. The van der Waals surface area contributed by atoms with Crippen molar-refractivity contribution in [1.82, 2.24) is 0 Å². The van der Waals surface area contributed by atoms with Crippen LogP contribution in [0.4, 0.5) is 0 Å². The molecule has 1 atom stereocenters. The molecule has 0 heterocycles. The summed E-state index contributed by atoms with van der Waals surface area (Å²) in [6, 6.07) is 10.8. The van der Waals surface area contributed by atoms with Crippen LogP contribution < -0.4 is 0 Å². The molecule has 0 aromatic heterocycles. The Bertz CT molecular complexity index is 224. The average Bonchev–Trinajstić information content (AvgIpc) is 2.73. The Kier molecular flexibility index (Phi) is 9.00. The van der Waals surface area contributed by atoms with E-state index in [1.165, 1.54) is 24.8 Å². The molecule has 1 aromatic carbocycles. The van der Waals surface area contributed by atoms with E-state index in [-0.39, 0.29) is 19.5 Å². The fourth-order valence-electron chi connectivity index (χ4n) is 1.78. The predicted octanol–water partition coefficient (Wildman–Crippen LogP) is 4.39. The van der Waals surface area contributed by atoms with Crippen LogP contribution in [0.5, 0.6) is 0 Å². The number of rotatable bonds is 1. The van der Waals surface area contributed by atoms with Gasteiger partial charge in [0.2, 0.25) is 0 Å². The SMILES string of the molecule is C[CH-]C.[Zn+2].c1ccc([C@@H]2[CH-]CCC2)cc1. The van der Waals surface area contributed by atoms with Crippen molar-refractivity contribution in [1.29, 1.82) is 0 Å². The van der Waals surface area contributed by atoms with Crippen LogP contribution in [0.1, 0.15) is 44.6 Å². The molecule has 0 saturated heterocycles. The molecule has 15 heavy (non-hydrogen) atoms. The van der Waals surface area contributed by atoms with Gasteiger partial charge in [0.15, 0.2) is 0 Å². The van der Waals surface area contributed by atoms with Crippen molar-refractivity contribution in [3.05, 3.63) is 48.7 Å². The van der Waals surface area contributed by atoms with E-state index in [4.69, 9.17) is 0 Å². The molecule has 1 heteroatoms. The Morgan fingerprint density at radius 3 is 2.27 bits per heavy atom. The molecular formula is C14H20Zn. The minimum atomic E-state index is 0. The standard InChI is InChI=1S/C11H13.C3H7.Zn/c1-2-6-10(7-3-1)11-8-4-5-9-11;1-3-2;/h1-3,6-8,11H,4-5,9H2;3H,1-2H3;/q2*-1;+2/t11-;;/m1../s1. The normalized spacial score (nSPS) is 18.7. The molecule has 0 aliphatic heterocycles. The first kappa shape index (κ1) is 14.8. The average molecular weight is 254 g/mol. The first-order chi connectivity index (χ1) is 6.88. The fraction of sp³-hybridized carbons (Fsp3) is 0.429. The van der Waals surface area contributed by atoms with Gasteiger partial charge < -0.3 is 12.8 Å². The van der Waals surface area contributed by atoms with E-state index in [1.54, 1.807) is 0 Å². The Labute approximate surface area is 107 Å². The van der Waals surface area contributed by atoms with Gasteiger partial charge >= 0.3 is 19.5 Å². The molecular weight excluding hydrogens is 234 g/mol. The zero-order valence-corrected chi connectivity index (χ0v) is 12.9. The summed E-state index contributed by atoms with van der Waals surface area (Å²) in [5.41, 5.74) is 1.49. The zero-order valence-electron chi connectivity index (χ0n) is 9.95. The summed E-state index contributed by atoms with van der Waals surface area (Å²) in [6.45, 7) is 4.00. The van der Waals surface area contributed by atoms with Gasteiger partial charge in [0.1, 0.15) is 0 Å². The maximum absolute atomic E-state index is 2.44. The summed E-state index contributed by atoms with van der Waals surface area (Å²) in [5, 5.41) is 0. The van der Waals surface area contributed by atoms with Crippen LogP contribution in [-0.2, 0) is 19.5 Å². The third kappa shape index (κ3) is 5.47. The summed E-state index contributed by atoms with van der Waals surface area (Å²) in [4.78, 5) is 0. The minimum absolute atomic E-state index is 0. The summed E-state index contributed by atoms with van der Waals surface area (Å²) < 4.78 is 0. The van der Waals surface area contributed by atoms with Crippen molar-refractivity contribution in [2.45, 2.75) is 39.0 Å². The maximum atomic E-state index is 2.44. The van der Waals surface area contributed by atoms with Crippen molar-refractivity contribution in [2.75, 3.05) is 0 Å². The van der Waals surface area contributed by atoms with Crippen molar-refractivity contribution >= 4 is 0 Å². The van der Waals surface area contributed by atoms with E-state index in [1.807, 2.05) is 20.3 Å². The second-order valence-electron chi connectivity index (χ2n) is 3.76. The maximum Gasteiger partial charge on any atom is 2.00 e. The van der Waals surface area contributed by atoms with E-state index in [2.05, 4.69) is 36.8 Å². The summed E-state index contributed by atoms with van der Waals surface area (Å²) in [6.07, 6.45) is 8.47. The van der Waals surface area contributed by atoms with Gasteiger partial charge in [-0.25, -0.2) is 0 Å². The molecule has 1 fully saturated rings. The van der Waals surface area contributed by atoms with Gasteiger partial charge in [-0.05, 0) is 0 Å². The van der Waals surface area contributed by atoms with Gasteiger partial charge in [0.25, 0.3) is 0 Å². The molecule has 2 rings (SSSR count). The zero-order chi connectivity index (χ0) is 10.2. The van der Waals surface area contributed by atoms with E-state index < -0.39 is 0 Å². The van der Waals surface area contributed by atoms with Crippen molar-refractivity contribution in [2.24, 2.45) is 0 Å². The van der Waals surface area contributed by atoms with E-state index >= 15 is 0 Å². The molecule has 0 spiro atoms. The van der Waals surface area contributed by atoms with Crippen molar-refractivity contribution in [3.8, 4) is 0 Å². The second kappa shape index (κ2) is 9.10. The Balaban J connectivity index is 0.000000443. The van der Waals surface area contributed by atoms with E-state index in [9.17, 15) is 0 Å². The molecule has 0 bridgehead atoms. The van der Waals surface area contributed by atoms with Gasteiger partial charge in [-0.1, -0.05) is 48.7 Å². The molecule has 1 aliphatic carbocycles. The van der Waals surface area contributed by atoms with Crippen LogP contribution in [-0.4, -0.2) is 0 Å². The van der Waals surface area contributed by atoms with Gasteiger partial charge in [-0.15, -0.1) is 5.92 Å². The molecule has 0 radical (unpaired) electrons. The predicted molar refractivity (Wildman–Crippen MR) is 63.0 cm³/mol. The number of benzene rings is 1. The van der Waals surface area contributed by atoms with Gasteiger partial charge in [-0.2, -0.15) is 20.3 Å². The largest absolute Gasteiger partial charge is 2.00 e. The van der Waals surface area contributed by atoms with Gasteiger partial charge in [0.05, 0.1) is 0 Å². The summed E-state index contributed by atoms with van der Waals surface area (Å²) in [7, 11) is 0. The Hall–Kier alpha value is -0.157. The smallest absolute Gasteiger partial charge is 0.335 e. The molecule has 0 nitrogen and oxygen atoms in total. The van der Waals surface area contributed by atoms with E-state index in [0.717, 1.165) is 5.92 Å². The molecule has 0 unspecified atom stereocenters. The van der Waals surface area contributed by atoms with Crippen LogP contribution >= 0.6 is 0 Å². The Morgan fingerprint density at radius 1 is 1.20 bits per heavy atom. The third-order valence-corrected chi connectivity index (χ3v) is 2.40. The molecule has 0 N–H and O–H groups in total. The molecule has 0 amide bonds. The first-order valence-electron chi connectivity index (χ1n) is 5.50. The quantitative estimate of drug-likeness (QED) is 0.514. The second-order valence-corrected chi connectivity index (χ2v) is 3.76. The first-order valence-corrected chi connectivity index (χ1v) is 5.50. The summed E-state index contributed by atoms with van der Waals surface area (Å²) >= 11 is 0. The third-order valence-electron chi connectivity index (χ3n) is 2.40. The summed E-state index contributed by atoms with van der Waals surface area (Å²) in [5.74, 6) is 0.746. The van der Waals surface area contributed by atoms with Crippen LogP contribution in [0, 0.1) is 12.8 Å². The van der Waals surface area contributed by atoms with Crippen LogP contribution in [0.15, 0.2) is 30.3 Å². The van der Waals surface area contributed by atoms with Gasteiger partial charge in [-0.3, -0.25) is 0 Å². The van der Waals surface area contributed by atoms with Crippen LogP contribution in [0.2, 0.25) is 0 Å². The van der Waals surface area contributed by atoms with Crippen molar-refractivity contribution in [3.63, 3.8) is 0 Å². The number of hydrogen-bond donors (Lipinski definition) is 0. The topological polar surface area (TPSA) is 0 Å². The fourth-order valence-corrected chi connectivity index (χ4v) is 1.78. The Morgan fingerprint density at radius 2 is 1.80 bits per heavy atom. The monoisotopic (exact) mass is 252 g/mol. The van der Waals surface area contributed by atoms with Crippen molar-refractivity contribution < 1.29 is 19.5 Å². The van der Waals surface area contributed by atoms with Gasteiger partial charge in [0, 0.05) is 0 Å². The molecule has 1 aromatic rings. The van der Waals surface area contributed by atoms with Crippen LogP contribution in [0.25, 0.3) is 0 Å². The van der Waals surface area contributed by atoms with Crippen LogP contribution in [0.3, 0.4) is 0 Å². The number of hydrogen-bond acceptors (Lipinski definition) is 0.